The number of hydrogen-bond acceptors (Lipinski definition) is 6. The predicted molar refractivity (Wildman–Crippen MR) is 119 cm³/mol. The Balaban J connectivity index is 1.57. The average Bonchev–Trinajstić information content (AvgIpc) is 3.19. The monoisotopic (exact) mass is 438 g/mol. The highest BCUT2D eigenvalue weighted by Gasteiger charge is 2.35. The minimum Gasteiger partial charge on any atom is -0.493 e. The van der Waals surface area contributed by atoms with Gasteiger partial charge in [-0.2, -0.15) is 15.1 Å². The summed E-state index contributed by atoms with van der Waals surface area (Å²) in [5.74, 6) is 0.00468. The Bertz CT molecular complexity index is 1160. The maximum atomic E-state index is 13.8. The number of hydrazone groups is 1. The third-order valence-corrected chi connectivity index (χ3v) is 5.69. The third-order valence-electron chi connectivity index (χ3n) is 4.64. The molecule has 0 aromatic heterocycles. The van der Waals surface area contributed by atoms with Crippen LogP contribution in [0, 0.1) is 11.2 Å². The summed E-state index contributed by atoms with van der Waals surface area (Å²) >= 11 is 1.30. The number of nitrogens with zero attached hydrogens (tertiary/aromatic N) is 3. The lowest BCUT2D eigenvalue weighted by atomic mass is 10.1. The molecule has 158 valence electrons. The molecule has 31 heavy (non-hydrogen) atoms. The fourth-order valence-electron chi connectivity index (χ4n) is 3.01. The molecule has 1 amide bonds. The molecule has 4 rings (SSSR count). The van der Waals surface area contributed by atoms with E-state index in [1.54, 1.807) is 42.5 Å². The summed E-state index contributed by atoms with van der Waals surface area (Å²) in [6.45, 7) is 2.00. The fourth-order valence-corrected chi connectivity index (χ4v) is 3.83. The number of rotatable bonds is 6. The third kappa shape index (κ3) is 4.22. The van der Waals surface area contributed by atoms with E-state index in [1.165, 1.54) is 29.9 Å². The first-order valence-corrected chi connectivity index (χ1v) is 10.3. The van der Waals surface area contributed by atoms with Gasteiger partial charge >= 0.3 is 0 Å². The van der Waals surface area contributed by atoms with Gasteiger partial charge < -0.3 is 9.47 Å². The summed E-state index contributed by atoms with van der Waals surface area (Å²) in [6.07, 6.45) is 2.27. The molecule has 2 heterocycles. The zero-order valence-corrected chi connectivity index (χ0v) is 17.7. The van der Waals surface area contributed by atoms with Gasteiger partial charge in [-0.3, -0.25) is 10.2 Å². The topological polar surface area (TPSA) is 87.3 Å². The molecule has 0 unspecified atom stereocenters. The second-order valence-corrected chi connectivity index (χ2v) is 7.70. The van der Waals surface area contributed by atoms with Crippen LogP contribution in [-0.2, 0) is 11.4 Å². The van der Waals surface area contributed by atoms with E-state index in [0.29, 0.717) is 34.2 Å². The molecule has 0 spiro atoms. The maximum Gasteiger partial charge on any atom is 0.283 e. The predicted octanol–water partition coefficient (Wildman–Crippen LogP) is 4.44. The van der Waals surface area contributed by atoms with Crippen LogP contribution >= 0.6 is 11.8 Å². The Labute approximate surface area is 182 Å². The van der Waals surface area contributed by atoms with Crippen LogP contribution in [0.5, 0.6) is 11.5 Å². The molecular weight excluding hydrogens is 419 g/mol. The highest BCUT2D eigenvalue weighted by molar-refractivity contribution is 8.26. The van der Waals surface area contributed by atoms with Gasteiger partial charge in [0, 0.05) is 5.56 Å². The number of aliphatic imine (C=N–C) groups is 1. The lowest BCUT2D eigenvalue weighted by Crippen LogP contribution is -2.35. The van der Waals surface area contributed by atoms with Gasteiger partial charge in [-0.15, -0.1) is 0 Å². The molecule has 2 aromatic rings. The van der Waals surface area contributed by atoms with Crippen molar-refractivity contribution in [1.29, 1.82) is 5.41 Å². The van der Waals surface area contributed by atoms with Gasteiger partial charge in [-0.25, -0.2) is 4.39 Å². The number of hydrogen-bond donors (Lipinski definition) is 1. The normalized spacial score (nSPS) is 16.9. The number of benzene rings is 2. The van der Waals surface area contributed by atoms with Gasteiger partial charge in [0.15, 0.2) is 17.3 Å². The lowest BCUT2D eigenvalue weighted by Gasteiger charge is -2.20. The molecule has 0 saturated heterocycles. The van der Waals surface area contributed by atoms with Crippen LogP contribution in [0.4, 0.5) is 4.39 Å². The van der Waals surface area contributed by atoms with E-state index in [9.17, 15) is 9.18 Å². The number of methoxy groups -OCH3 is 1. The van der Waals surface area contributed by atoms with Crippen LogP contribution in [0.2, 0.25) is 0 Å². The van der Waals surface area contributed by atoms with E-state index in [2.05, 4.69) is 10.1 Å². The molecular formula is C22H19FN4O3S. The van der Waals surface area contributed by atoms with Crippen molar-refractivity contribution in [2.45, 2.75) is 20.0 Å². The number of halogens is 1. The molecule has 0 radical (unpaired) electrons. The van der Waals surface area contributed by atoms with E-state index in [-0.39, 0.29) is 23.8 Å². The van der Waals surface area contributed by atoms with Crippen molar-refractivity contribution < 1.29 is 18.7 Å². The van der Waals surface area contributed by atoms with Crippen LogP contribution in [0.15, 0.2) is 58.1 Å². The molecule has 0 aliphatic carbocycles. The summed E-state index contributed by atoms with van der Waals surface area (Å²) in [5, 5.41) is 15.3. The van der Waals surface area contributed by atoms with Gasteiger partial charge in [-0.05, 0) is 48.0 Å². The number of ether oxygens (including phenoxy) is 2. The number of carbonyl (C=O) groups is 1. The lowest BCUT2D eigenvalue weighted by molar-refractivity contribution is -0.114. The highest BCUT2D eigenvalue weighted by atomic mass is 32.2. The van der Waals surface area contributed by atoms with Crippen molar-refractivity contribution in [3.05, 3.63) is 65.0 Å². The summed E-state index contributed by atoms with van der Waals surface area (Å²) in [6, 6.07) is 11.5. The zero-order chi connectivity index (χ0) is 22.0. The second-order valence-electron chi connectivity index (χ2n) is 6.66. The second kappa shape index (κ2) is 8.73. The summed E-state index contributed by atoms with van der Waals surface area (Å²) in [7, 11) is 1.50. The van der Waals surface area contributed by atoms with Crippen molar-refractivity contribution in [1.82, 2.24) is 5.01 Å². The first kappa shape index (κ1) is 20.8. The van der Waals surface area contributed by atoms with Crippen molar-refractivity contribution in [3.63, 3.8) is 0 Å². The molecule has 0 saturated carbocycles. The Kier molecular flexibility index (Phi) is 5.85. The fraction of sp³-hybridized carbons (Fsp3) is 0.182. The molecule has 2 aliphatic heterocycles. The van der Waals surface area contributed by atoms with E-state index >= 15 is 0 Å². The zero-order valence-electron chi connectivity index (χ0n) is 16.9. The number of amidine groups is 2. The molecule has 0 fully saturated rings. The Morgan fingerprint density at radius 3 is 2.77 bits per heavy atom. The van der Waals surface area contributed by atoms with Crippen molar-refractivity contribution in [3.8, 4) is 11.5 Å². The first-order valence-electron chi connectivity index (χ1n) is 9.53. The minimum absolute atomic E-state index is 0.0233. The van der Waals surface area contributed by atoms with Crippen LogP contribution in [0.25, 0.3) is 6.08 Å². The molecule has 2 aliphatic rings. The molecule has 7 nitrogen and oxygen atoms in total. The number of fused-ring (bicyclic) bond motifs is 1. The van der Waals surface area contributed by atoms with Gasteiger partial charge in [0.05, 0.1) is 12.7 Å². The standard InChI is InChI=1S/C22H19FN4O3S/c1-3-19-26-27-20(24)15(21(28)25-22(27)31-19)10-13-8-9-17(18(11-13)29-2)30-12-14-6-4-5-7-16(14)23/h4-11,24H,3,12H2,1-2H3/b15-10+,24-20?. The van der Waals surface area contributed by atoms with Gasteiger partial charge in [0.1, 0.15) is 17.5 Å². The SMILES string of the molecule is CCC1=NN2C(=N)/C(=C\c3ccc(OCc4ccccc4F)c(OC)c3)C(=O)N=C2S1. The van der Waals surface area contributed by atoms with Crippen LogP contribution in [-0.4, -0.2) is 34.1 Å². The van der Waals surface area contributed by atoms with Crippen molar-refractivity contribution in [2.75, 3.05) is 7.11 Å². The quantitative estimate of drug-likeness (QED) is 0.674. The Hall–Kier alpha value is -3.46. The highest BCUT2D eigenvalue weighted by Crippen LogP contribution is 2.32. The smallest absolute Gasteiger partial charge is 0.283 e. The summed E-state index contributed by atoms with van der Waals surface area (Å²) < 4.78 is 24.9. The first-order chi connectivity index (χ1) is 15.0. The maximum absolute atomic E-state index is 13.8. The largest absolute Gasteiger partial charge is 0.493 e. The molecule has 0 atom stereocenters. The number of nitrogens with one attached hydrogen (secondary N) is 1. The van der Waals surface area contributed by atoms with Crippen molar-refractivity contribution in [2.24, 2.45) is 10.1 Å². The van der Waals surface area contributed by atoms with E-state index in [0.717, 1.165) is 5.04 Å². The molecule has 9 heteroatoms. The van der Waals surface area contributed by atoms with Gasteiger partial charge in [-0.1, -0.05) is 31.2 Å². The molecule has 0 bridgehead atoms. The number of thioether (sulfide) groups is 1. The van der Waals surface area contributed by atoms with Crippen LogP contribution in [0.1, 0.15) is 24.5 Å². The van der Waals surface area contributed by atoms with Gasteiger partial charge in [0.2, 0.25) is 5.17 Å². The summed E-state index contributed by atoms with van der Waals surface area (Å²) in [4.78, 5) is 16.5. The average molecular weight is 438 g/mol. The number of amides is 1. The van der Waals surface area contributed by atoms with E-state index in [4.69, 9.17) is 14.9 Å². The van der Waals surface area contributed by atoms with Gasteiger partial charge in [0.25, 0.3) is 5.91 Å². The molecule has 1 N–H and O–H groups in total. The van der Waals surface area contributed by atoms with Crippen LogP contribution in [0.3, 0.4) is 0 Å². The Morgan fingerprint density at radius 1 is 1.23 bits per heavy atom. The van der Waals surface area contributed by atoms with Crippen LogP contribution < -0.4 is 9.47 Å². The number of carbonyl (C=O) groups excluding carboxylic acids is 1. The Morgan fingerprint density at radius 2 is 2.03 bits per heavy atom. The van der Waals surface area contributed by atoms with E-state index < -0.39 is 5.91 Å². The van der Waals surface area contributed by atoms with E-state index in [1.807, 2.05) is 6.92 Å². The molecule has 2 aromatic carbocycles. The minimum atomic E-state index is -0.491. The van der Waals surface area contributed by atoms with Crippen molar-refractivity contribution >= 4 is 39.8 Å². The summed E-state index contributed by atoms with van der Waals surface area (Å²) in [5.41, 5.74) is 1.20.